The van der Waals surface area contributed by atoms with Crippen LogP contribution in [0.2, 0.25) is 0 Å². The van der Waals surface area contributed by atoms with Gasteiger partial charge in [-0.1, -0.05) is 136 Å². The summed E-state index contributed by atoms with van der Waals surface area (Å²) in [5.74, 6) is 0. The predicted octanol–water partition coefficient (Wildman–Crippen LogP) is 8.59. The van der Waals surface area contributed by atoms with E-state index in [2.05, 4.69) is 188 Å². The fraction of sp³-hybridized carbons (Fsp3) is 0. The Bertz CT molecular complexity index is 1360. The summed E-state index contributed by atoms with van der Waals surface area (Å²) in [5, 5.41) is 6.04. The third-order valence-corrected chi connectivity index (χ3v) is 12.7. The molecule has 5 aromatic rings. The van der Waals surface area contributed by atoms with E-state index in [-0.39, 0.29) is 34.7 Å². The summed E-state index contributed by atoms with van der Waals surface area (Å²) in [6.45, 7) is 45.0. The number of hydrogen-bond acceptors (Lipinski definition) is 0. The molecular formula is C36H20Cr2O10P2. The molecule has 4 aromatic carbocycles. The van der Waals surface area contributed by atoms with E-state index in [1.807, 2.05) is 0 Å². The van der Waals surface area contributed by atoms with Crippen molar-refractivity contribution in [2.75, 3.05) is 0 Å². The van der Waals surface area contributed by atoms with Gasteiger partial charge in [0.25, 0.3) is 0 Å². The van der Waals surface area contributed by atoms with Gasteiger partial charge in [-0.2, -0.15) is 0 Å². The number of benzene rings is 4. The van der Waals surface area contributed by atoms with Crippen molar-refractivity contribution >= 4 is 14.4 Å². The summed E-state index contributed by atoms with van der Waals surface area (Å²) in [5.41, 5.74) is 2.73. The molecule has 14 heteroatoms. The molecule has 0 spiro atoms. The first-order valence-electron chi connectivity index (χ1n) is 11.5. The van der Waals surface area contributed by atoms with Crippen LogP contribution in [0.15, 0.2) is 121 Å². The molecule has 5 rings (SSSR count). The summed E-state index contributed by atoms with van der Waals surface area (Å²) in [6.07, 6.45) is 0. The predicted molar refractivity (Wildman–Crippen MR) is 165 cm³/mol. The number of rotatable bonds is 4. The van der Waals surface area contributed by atoms with Crippen molar-refractivity contribution in [2.24, 2.45) is 0 Å². The van der Waals surface area contributed by atoms with Gasteiger partial charge in [-0.15, -0.1) is 0 Å². The van der Waals surface area contributed by atoms with Crippen LogP contribution in [-0.2, 0) is 81.2 Å². The van der Waals surface area contributed by atoms with E-state index in [1.54, 1.807) is 10.6 Å². The zero-order valence-electron chi connectivity index (χ0n) is 25.3. The Kier molecular flexibility index (Phi) is 69.6. The van der Waals surface area contributed by atoms with Gasteiger partial charge in [-0.25, -0.2) is 0 Å². The van der Waals surface area contributed by atoms with E-state index >= 15 is 0 Å². The fourth-order valence-electron chi connectivity index (χ4n) is 3.69. The molecule has 10 nitrogen and oxygen atoms in total. The molecule has 2 atom stereocenters. The normalized spacial score (nSPS) is 7.20. The Morgan fingerprint density at radius 3 is 0.600 bits per heavy atom. The van der Waals surface area contributed by atoms with Crippen molar-refractivity contribution in [3.8, 4) is 32.3 Å². The van der Waals surface area contributed by atoms with Crippen LogP contribution in [0.5, 0.6) is 0 Å². The summed E-state index contributed by atoms with van der Waals surface area (Å²) >= 11 is 0. The zero-order chi connectivity index (χ0) is 38.8. The maximum Gasteiger partial charge on any atom is 0.0221 e. The fourth-order valence-corrected chi connectivity index (χ4v) is 12.0. The Morgan fingerprint density at radius 2 is 0.420 bits per heavy atom. The minimum atomic E-state index is -0.391. The standard InChI is InChI=1S/C26H20P2.10CO.2Cr/c1-5-13-21(14-6-1)25-26(22-15-7-2-8-16-22)28(24-19-11-4-12-20-24)27(25)23-17-9-3-10-18-23;10*1-2;;/h1-20H;;;;;;;;;;;;. The third kappa shape index (κ3) is 22.3. The molecule has 0 N–H and O–H groups in total. The quantitative estimate of drug-likeness (QED) is 0.124. The van der Waals surface area contributed by atoms with Crippen molar-refractivity contribution in [1.82, 2.24) is 0 Å². The maximum absolute atomic E-state index is 7.50. The minimum Gasteiger partial charge on any atom is -0.0622 e. The van der Waals surface area contributed by atoms with E-state index in [1.165, 1.54) is 21.7 Å². The molecule has 1 aromatic heterocycles. The largest absolute Gasteiger partial charge is 0.0622 e. The molecule has 1 heterocycles. The van der Waals surface area contributed by atoms with Crippen LogP contribution >= 0.6 is 14.4 Å². The van der Waals surface area contributed by atoms with Crippen LogP contribution in [0.3, 0.4) is 0 Å². The molecule has 50 heavy (non-hydrogen) atoms. The average molecular weight is 778 g/mol. The number of hydrogen-bond donors (Lipinski definition) is 0. The second-order valence-electron chi connectivity index (χ2n) is 6.72. The first-order chi connectivity index (χ1) is 23.9. The topological polar surface area (TPSA) is 199 Å². The van der Waals surface area contributed by atoms with Gasteiger partial charge >= 0.3 is 113 Å². The molecule has 0 saturated heterocycles. The summed E-state index contributed by atoms with van der Waals surface area (Å²) in [4.78, 5) is 0. The SMILES string of the molecule is [C-]#[O+].[C-]#[O+].[C-]#[O+].[C-]#[O+].[C-]#[O+].[C-]#[O+].[C-]#[O+].[C-]#[O+].[C-]#[O+].[C-]#[O+].[Cr].[Cr].c1ccc(-c2c(-c3ccccc3)p(-c3ccccc3)p2-c2ccccc2)cc1. The minimum absolute atomic E-state index is 0. The first kappa shape index (κ1) is 64.2. The monoisotopic (exact) mass is 778 g/mol. The van der Waals surface area contributed by atoms with E-state index in [9.17, 15) is 0 Å². The Labute approximate surface area is 314 Å². The van der Waals surface area contributed by atoms with E-state index < -0.39 is 14.4 Å². The van der Waals surface area contributed by atoms with E-state index in [4.69, 9.17) is 46.5 Å². The summed E-state index contributed by atoms with van der Waals surface area (Å²) < 4.78 is 75.0. The van der Waals surface area contributed by atoms with Gasteiger partial charge in [0.15, 0.2) is 0 Å². The molecule has 2 unspecified atom stereocenters. The Balaban J connectivity index is -0.000000116. The van der Waals surface area contributed by atoms with Crippen LogP contribution in [0.4, 0.5) is 0 Å². The molecule has 0 fully saturated rings. The van der Waals surface area contributed by atoms with Gasteiger partial charge in [0.2, 0.25) is 0 Å². The van der Waals surface area contributed by atoms with Gasteiger partial charge in [-0.3, -0.25) is 0 Å². The molecule has 0 amide bonds. The molecule has 0 aliphatic rings. The van der Waals surface area contributed by atoms with Crippen molar-refractivity contribution in [1.29, 1.82) is 0 Å². The Hall–Kier alpha value is -4.32. The van der Waals surface area contributed by atoms with Crippen LogP contribution in [0.1, 0.15) is 0 Å². The van der Waals surface area contributed by atoms with Gasteiger partial charge in [-0.05, 0) is 11.1 Å². The molecule has 246 valence electrons. The smallest absolute Gasteiger partial charge is 0.0221 e. The van der Waals surface area contributed by atoms with Crippen LogP contribution < -0.4 is 0 Å². The van der Waals surface area contributed by atoms with Crippen LogP contribution in [0, 0.1) is 66.5 Å². The molecule has 0 saturated carbocycles. The molecule has 0 aliphatic heterocycles. The summed E-state index contributed by atoms with van der Waals surface area (Å²) in [6, 6.07) is 44.2. The van der Waals surface area contributed by atoms with Crippen molar-refractivity contribution in [2.45, 2.75) is 0 Å². The van der Waals surface area contributed by atoms with E-state index in [0.29, 0.717) is 0 Å². The van der Waals surface area contributed by atoms with Crippen molar-refractivity contribution < 1.29 is 81.2 Å². The van der Waals surface area contributed by atoms with Crippen molar-refractivity contribution in [3.63, 3.8) is 0 Å². The molecule has 0 radical (unpaired) electrons. The van der Waals surface area contributed by atoms with Gasteiger partial charge in [0.05, 0.1) is 0 Å². The third-order valence-electron chi connectivity index (χ3n) is 4.94. The first-order valence-corrected chi connectivity index (χ1v) is 14.9. The molecule has 0 aliphatic carbocycles. The molecular weight excluding hydrogens is 758 g/mol. The van der Waals surface area contributed by atoms with E-state index in [0.717, 1.165) is 0 Å². The average Bonchev–Trinajstić information content (AvgIpc) is 3.24. The van der Waals surface area contributed by atoms with Crippen molar-refractivity contribution in [3.05, 3.63) is 188 Å². The second-order valence-corrected chi connectivity index (χ2v) is 12.3. The second kappa shape index (κ2) is 54.1. The van der Waals surface area contributed by atoms with Gasteiger partial charge in [0, 0.05) is 55.9 Å². The van der Waals surface area contributed by atoms with Gasteiger partial charge in [0.1, 0.15) is 0 Å². The van der Waals surface area contributed by atoms with Gasteiger partial charge < -0.3 is 0 Å². The zero-order valence-corrected chi connectivity index (χ0v) is 29.7. The maximum atomic E-state index is 7.50. The molecule has 0 bridgehead atoms. The van der Waals surface area contributed by atoms with Crippen LogP contribution in [-0.4, -0.2) is 0 Å². The van der Waals surface area contributed by atoms with Crippen LogP contribution in [0.25, 0.3) is 32.3 Å². The summed E-state index contributed by atoms with van der Waals surface area (Å²) in [7, 11) is -0.782. The Morgan fingerprint density at radius 1 is 0.260 bits per heavy atom.